The lowest BCUT2D eigenvalue weighted by molar-refractivity contribution is 0.602. The molecule has 0 aliphatic rings. The van der Waals surface area contributed by atoms with Crippen LogP contribution in [0.15, 0.2) is 49.8 Å². The first-order chi connectivity index (χ1) is 9.75. The van der Waals surface area contributed by atoms with E-state index in [1.54, 1.807) is 24.3 Å². The van der Waals surface area contributed by atoms with Crippen LogP contribution in [0.5, 0.6) is 0 Å². The number of benzene rings is 1. The smallest absolute Gasteiger partial charge is 0.175 e. The van der Waals surface area contributed by atoms with Crippen molar-refractivity contribution in [2.24, 2.45) is 0 Å². The van der Waals surface area contributed by atoms with Gasteiger partial charge in [0, 0.05) is 23.1 Å². The molecule has 4 nitrogen and oxygen atoms in total. The highest BCUT2D eigenvalue weighted by atomic mass is 79.9. The zero-order chi connectivity index (χ0) is 15.6. The molecule has 1 aromatic heterocycles. The van der Waals surface area contributed by atoms with E-state index < -0.39 is 9.84 Å². The molecule has 0 atom stereocenters. The minimum atomic E-state index is -3.16. The molecule has 112 valence electrons. The van der Waals surface area contributed by atoms with Crippen LogP contribution >= 0.6 is 27.7 Å². The summed E-state index contributed by atoms with van der Waals surface area (Å²) >= 11 is 4.87. The van der Waals surface area contributed by atoms with Crippen molar-refractivity contribution >= 4 is 37.5 Å². The molecule has 0 spiro atoms. The summed E-state index contributed by atoms with van der Waals surface area (Å²) in [6.45, 7) is 4.08. The largest absolute Gasteiger partial charge is 0.226 e. The van der Waals surface area contributed by atoms with Gasteiger partial charge in [-0.15, -0.1) is 0 Å². The van der Waals surface area contributed by atoms with E-state index in [-0.39, 0.29) is 5.92 Å². The van der Waals surface area contributed by atoms with Gasteiger partial charge in [0.05, 0.1) is 4.90 Å². The molecule has 0 bridgehead atoms. The molecule has 2 aromatic rings. The van der Waals surface area contributed by atoms with Crippen molar-refractivity contribution in [1.29, 1.82) is 0 Å². The summed E-state index contributed by atoms with van der Waals surface area (Å²) in [4.78, 5) is 10.1. The second-order valence-corrected chi connectivity index (χ2v) is 8.81. The van der Waals surface area contributed by atoms with E-state index in [0.717, 1.165) is 20.3 Å². The Balaban J connectivity index is 2.26. The number of hydrogen-bond donors (Lipinski definition) is 0. The highest BCUT2D eigenvalue weighted by Gasteiger charge is 2.10. The first-order valence-corrected chi connectivity index (χ1v) is 9.78. The molecule has 0 radical (unpaired) electrons. The molecule has 7 heteroatoms. The molecule has 2 rings (SSSR count). The summed E-state index contributed by atoms with van der Waals surface area (Å²) < 4.78 is 23.6. The second kappa shape index (κ2) is 6.46. The van der Waals surface area contributed by atoms with Crippen molar-refractivity contribution in [2.45, 2.75) is 34.6 Å². The normalized spacial score (nSPS) is 11.9. The minimum absolute atomic E-state index is 0.245. The Hall–Kier alpha value is -0.920. The summed E-state index contributed by atoms with van der Waals surface area (Å²) in [6, 6.07) is 8.63. The monoisotopic (exact) mass is 386 g/mol. The van der Waals surface area contributed by atoms with Gasteiger partial charge < -0.3 is 0 Å². The molecule has 1 aromatic carbocycles. The Morgan fingerprint density at radius 2 is 1.76 bits per heavy atom. The lowest BCUT2D eigenvalue weighted by atomic mass is 10.2. The van der Waals surface area contributed by atoms with Crippen molar-refractivity contribution in [3.63, 3.8) is 0 Å². The zero-order valence-corrected chi connectivity index (χ0v) is 15.1. The summed E-state index contributed by atoms with van der Waals surface area (Å²) in [6.07, 6.45) is 1.20. The van der Waals surface area contributed by atoms with E-state index >= 15 is 0 Å². The number of halogens is 1. The lowest BCUT2D eigenvalue weighted by Gasteiger charge is -2.07. The molecule has 0 fully saturated rings. The number of nitrogens with zero attached hydrogens (tertiary/aromatic N) is 2. The Labute approximate surface area is 137 Å². The van der Waals surface area contributed by atoms with Gasteiger partial charge in [0.2, 0.25) is 0 Å². The highest BCUT2D eigenvalue weighted by Crippen LogP contribution is 2.29. The summed E-state index contributed by atoms with van der Waals surface area (Å²) in [7, 11) is -3.16. The Morgan fingerprint density at radius 3 is 2.29 bits per heavy atom. The van der Waals surface area contributed by atoms with Crippen molar-refractivity contribution < 1.29 is 8.42 Å². The zero-order valence-electron chi connectivity index (χ0n) is 11.9. The molecule has 1 heterocycles. The second-order valence-electron chi connectivity index (χ2n) is 4.89. The van der Waals surface area contributed by atoms with E-state index in [0.29, 0.717) is 4.90 Å². The van der Waals surface area contributed by atoms with Gasteiger partial charge in [-0.2, -0.15) is 0 Å². The molecule has 0 aliphatic carbocycles. The fourth-order valence-electron chi connectivity index (χ4n) is 1.60. The molecule has 0 unspecified atom stereocenters. The maximum atomic E-state index is 11.4. The van der Waals surface area contributed by atoms with Crippen LogP contribution in [0.2, 0.25) is 0 Å². The quantitative estimate of drug-likeness (QED) is 0.745. The molecular formula is C14H15BrN2O2S2. The Kier molecular flexibility index (Phi) is 5.06. The van der Waals surface area contributed by atoms with Gasteiger partial charge in [-0.05, 0) is 40.2 Å². The number of rotatable bonds is 4. The average Bonchev–Trinajstić information content (AvgIpc) is 2.37. The summed E-state index contributed by atoms with van der Waals surface area (Å²) in [5.74, 6) is 1.02. The number of sulfone groups is 1. The van der Waals surface area contributed by atoms with Gasteiger partial charge in [0.15, 0.2) is 9.84 Å². The predicted molar refractivity (Wildman–Crippen MR) is 87.5 cm³/mol. The van der Waals surface area contributed by atoms with Crippen LogP contribution < -0.4 is 0 Å². The molecule has 0 amide bonds. The number of hydrogen-bond acceptors (Lipinski definition) is 5. The maximum Gasteiger partial charge on any atom is 0.175 e. The van der Waals surface area contributed by atoms with E-state index in [4.69, 9.17) is 0 Å². The van der Waals surface area contributed by atoms with E-state index in [1.807, 2.05) is 19.9 Å². The van der Waals surface area contributed by atoms with Crippen LogP contribution in [0.1, 0.15) is 25.6 Å². The van der Waals surface area contributed by atoms with E-state index in [1.165, 1.54) is 18.0 Å². The molecule has 0 N–H and O–H groups in total. The van der Waals surface area contributed by atoms with Gasteiger partial charge in [0.25, 0.3) is 0 Å². The van der Waals surface area contributed by atoms with Crippen LogP contribution in [-0.2, 0) is 9.84 Å². The first kappa shape index (κ1) is 16.5. The maximum absolute atomic E-state index is 11.4. The first-order valence-electron chi connectivity index (χ1n) is 6.28. The standard InChI is InChI=1S/C14H15BrN2O2S2/c1-9(2)14-16-12(15)8-13(17-14)20-10-4-6-11(7-5-10)21(3,18)19/h4-9H,1-3H3. The molecule has 0 saturated heterocycles. The molecule has 0 aliphatic heterocycles. The third-order valence-corrected chi connectivity index (χ3v) is 5.14. The third kappa shape index (κ3) is 4.52. The van der Waals surface area contributed by atoms with Crippen LogP contribution in [0.25, 0.3) is 0 Å². The van der Waals surface area contributed by atoms with Gasteiger partial charge in [-0.25, -0.2) is 18.4 Å². The minimum Gasteiger partial charge on any atom is -0.226 e. The fraction of sp³-hybridized carbons (Fsp3) is 0.286. The third-order valence-electron chi connectivity index (χ3n) is 2.68. The van der Waals surface area contributed by atoms with E-state index in [2.05, 4.69) is 25.9 Å². The number of aromatic nitrogens is 2. The van der Waals surface area contributed by atoms with Gasteiger partial charge in [0.1, 0.15) is 15.5 Å². The Bertz CT molecular complexity index is 744. The van der Waals surface area contributed by atoms with Crippen molar-refractivity contribution in [1.82, 2.24) is 9.97 Å². The SMILES string of the molecule is CC(C)c1nc(Br)cc(Sc2ccc(S(C)(=O)=O)cc2)n1. The molecule has 0 saturated carbocycles. The summed E-state index contributed by atoms with van der Waals surface area (Å²) in [5.41, 5.74) is 0. The van der Waals surface area contributed by atoms with Gasteiger partial charge >= 0.3 is 0 Å². The molecule has 21 heavy (non-hydrogen) atoms. The molecular weight excluding hydrogens is 372 g/mol. The van der Waals surface area contributed by atoms with Crippen LogP contribution in [0, 0.1) is 0 Å². The Morgan fingerprint density at radius 1 is 1.14 bits per heavy atom. The van der Waals surface area contributed by atoms with Crippen molar-refractivity contribution in [3.05, 3.63) is 40.8 Å². The highest BCUT2D eigenvalue weighted by molar-refractivity contribution is 9.10. The van der Waals surface area contributed by atoms with Crippen LogP contribution in [0.3, 0.4) is 0 Å². The van der Waals surface area contributed by atoms with Crippen LogP contribution in [-0.4, -0.2) is 24.6 Å². The van der Waals surface area contributed by atoms with Crippen LogP contribution in [0.4, 0.5) is 0 Å². The van der Waals surface area contributed by atoms with E-state index in [9.17, 15) is 8.42 Å². The van der Waals surface area contributed by atoms with Crippen molar-refractivity contribution in [2.75, 3.05) is 6.26 Å². The van der Waals surface area contributed by atoms with Gasteiger partial charge in [-0.3, -0.25) is 0 Å². The fourth-order valence-corrected chi connectivity index (χ4v) is 3.60. The topological polar surface area (TPSA) is 59.9 Å². The average molecular weight is 387 g/mol. The van der Waals surface area contributed by atoms with Crippen molar-refractivity contribution in [3.8, 4) is 0 Å². The van der Waals surface area contributed by atoms with Gasteiger partial charge in [-0.1, -0.05) is 25.6 Å². The predicted octanol–water partition coefficient (Wildman–Crippen LogP) is 3.92. The summed E-state index contributed by atoms with van der Waals surface area (Å²) in [5, 5.41) is 0.827. The lowest BCUT2D eigenvalue weighted by Crippen LogP contribution is -1.99.